The van der Waals surface area contributed by atoms with Crippen molar-refractivity contribution in [3.05, 3.63) is 35.5 Å². The lowest BCUT2D eigenvalue weighted by Gasteiger charge is -2.29. The zero-order valence-electron chi connectivity index (χ0n) is 18.6. The number of imide groups is 1. The predicted molar refractivity (Wildman–Crippen MR) is 120 cm³/mol. The van der Waals surface area contributed by atoms with Crippen molar-refractivity contribution < 1.29 is 19.1 Å². The van der Waals surface area contributed by atoms with Crippen molar-refractivity contribution in [2.75, 3.05) is 38.2 Å². The van der Waals surface area contributed by atoms with Crippen LogP contribution in [0.3, 0.4) is 0 Å². The molecular weight excluding hydrogens is 394 g/mol. The molecule has 7 nitrogen and oxygen atoms in total. The Morgan fingerprint density at radius 3 is 2.26 bits per heavy atom. The summed E-state index contributed by atoms with van der Waals surface area (Å²) in [5, 5.41) is 2.73. The van der Waals surface area contributed by atoms with Crippen molar-refractivity contribution in [1.82, 2.24) is 9.80 Å². The average molecular weight is 428 g/mol. The minimum absolute atomic E-state index is 0.154. The van der Waals surface area contributed by atoms with E-state index in [9.17, 15) is 14.4 Å². The third-order valence-corrected chi connectivity index (χ3v) is 5.70. The molecule has 3 amide bonds. The molecule has 0 spiro atoms. The number of morpholine rings is 1. The van der Waals surface area contributed by atoms with Gasteiger partial charge in [-0.2, -0.15) is 0 Å². The number of hydrogen-bond acceptors (Lipinski definition) is 5. The first-order valence-electron chi connectivity index (χ1n) is 11.3. The summed E-state index contributed by atoms with van der Waals surface area (Å²) in [6.07, 6.45) is 6.59. The van der Waals surface area contributed by atoms with Crippen molar-refractivity contribution in [2.45, 2.75) is 52.4 Å². The van der Waals surface area contributed by atoms with Crippen molar-refractivity contribution in [2.24, 2.45) is 0 Å². The van der Waals surface area contributed by atoms with E-state index in [-0.39, 0.29) is 17.7 Å². The van der Waals surface area contributed by atoms with Crippen LogP contribution in [0.15, 0.2) is 30.0 Å². The van der Waals surface area contributed by atoms with Crippen LogP contribution in [0.1, 0.15) is 57.9 Å². The standard InChI is InChI=1S/C24H33N3O4/c1-3-4-5-6-7-8-13-27-23(29)21(19-9-11-20(12-10-19)25-18(2)28)22(24(27)30)26-14-16-31-17-15-26/h9-12H,3-8,13-17H2,1-2H3,(H,25,28). The molecule has 0 aliphatic carbocycles. The van der Waals surface area contributed by atoms with Crippen LogP contribution >= 0.6 is 0 Å². The fraction of sp³-hybridized carbons (Fsp3) is 0.542. The van der Waals surface area contributed by atoms with Crippen LogP contribution in [0.25, 0.3) is 5.57 Å². The Morgan fingerprint density at radius 1 is 0.968 bits per heavy atom. The van der Waals surface area contributed by atoms with E-state index in [1.54, 1.807) is 24.3 Å². The maximum absolute atomic E-state index is 13.3. The highest BCUT2D eigenvalue weighted by molar-refractivity contribution is 6.35. The minimum atomic E-state index is -0.229. The Morgan fingerprint density at radius 2 is 1.61 bits per heavy atom. The summed E-state index contributed by atoms with van der Waals surface area (Å²) in [5.41, 5.74) is 2.28. The van der Waals surface area contributed by atoms with Crippen LogP contribution in [0.5, 0.6) is 0 Å². The lowest BCUT2D eigenvalue weighted by Crippen LogP contribution is -2.40. The first-order valence-corrected chi connectivity index (χ1v) is 11.3. The number of anilines is 1. The summed E-state index contributed by atoms with van der Waals surface area (Å²) >= 11 is 0. The van der Waals surface area contributed by atoms with Gasteiger partial charge in [0.1, 0.15) is 5.70 Å². The molecule has 31 heavy (non-hydrogen) atoms. The number of carbonyl (C=O) groups excluding carboxylic acids is 3. The van der Waals surface area contributed by atoms with Crippen LogP contribution in [0.4, 0.5) is 5.69 Å². The maximum Gasteiger partial charge on any atom is 0.277 e. The molecule has 0 unspecified atom stereocenters. The number of nitrogens with one attached hydrogen (secondary N) is 1. The fourth-order valence-electron chi connectivity index (χ4n) is 4.08. The van der Waals surface area contributed by atoms with Gasteiger partial charge in [-0.25, -0.2) is 0 Å². The molecule has 0 atom stereocenters. The number of carbonyl (C=O) groups is 3. The zero-order chi connectivity index (χ0) is 22.2. The summed E-state index contributed by atoms with van der Waals surface area (Å²) in [5.74, 6) is -0.591. The molecule has 2 aliphatic heterocycles. The molecule has 1 fully saturated rings. The number of unbranched alkanes of at least 4 members (excludes halogenated alkanes) is 5. The lowest BCUT2D eigenvalue weighted by molar-refractivity contribution is -0.137. The number of amides is 3. The molecular formula is C24H33N3O4. The van der Waals surface area contributed by atoms with Crippen LogP contribution in [0, 0.1) is 0 Å². The van der Waals surface area contributed by atoms with Crippen LogP contribution in [0.2, 0.25) is 0 Å². The number of ether oxygens (including phenoxy) is 1. The molecule has 1 saturated heterocycles. The highest BCUT2D eigenvalue weighted by Crippen LogP contribution is 2.33. The highest BCUT2D eigenvalue weighted by Gasteiger charge is 2.41. The van der Waals surface area contributed by atoms with Gasteiger partial charge in [-0.3, -0.25) is 19.3 Å². The number of rotatable bonds is 10. The van der Waals surface area contributed by atoms with Gasteiger partial charge in [0.15, 0.2) is 0 Å². The SMILES string of the molecule is CCCCCCCCN1C(=O)C(c2ccc(NC(C)=O)cc2)=C(N2CCOCC2)C1=O. The summed E-state index contributed by atoms with van der Waals surface area (Å²) in [4.78, 5) is 41.3. The molecule has 0 bridgehead atoms. The Balaban J connectivity index is 1.79. The minimum Gasteiger partial charge on any atom is -0.378 e. The van der Waals surface area contributed by atoms with Gasteiger partial charge in [0.2, 0.25) is 5.91 Å². The molecule has 2 aliphatic rings. The second-order valence-corrected chi connectivity index (χ2v) is 8.11. The van der Waals surface area contributed by atoms with Crippen molar-refractivity contribution in [3.63, 3.8) is 0 Å². The van der Waals surface area contributed by atoms with Gasteiger partial charge < -0.3 is 15.0 Å². The van der Waals surface area contributed by atoms with E-state index < -0.39 is 0 Å². The van der Waals surface area contributed by atoms with E-state index >= 15 is 0 Å². The Labute approximate surface area is 184 Å². The predicted octanol–water partition coefficient (Wildman–Crippen LogP) is 3.42. The molecule has 0 aromatic heterocycles. The summed E-state index contributed by atoms with van der Waals surface area (Å²) in [7, 11) is 0. The molecule has 0 radical (unpaired) electrons. The number of benzene rings is 1. The van der Waals surface area contributed by atoms with Crippen molar-refractivity contribution in [1.29, 1.82) is 0 Å². The maximum atomic E-state index is 13.3. The van der Waals surface area contributed by atoms with Gasteiger partial charge >= 0.3 is 0 Å². The van der Waals surface area contributed by atoms with Crippen molar-refractivity contribution in [3.8, 4) is 0 Å². The van der Waals surface area contributed by atoms with Crippen molar-refractivity contribution >= 4 is 29.0 Å². The van der Waals surface area contributed by atoms with Crippen LogP contribution in [-0.4, -0.2) is 60.4 Å². The summed E-state index contributed by atoms with van der Waals surface area (Å²) in [6.45, 7) is 6.34. The molecule has 1 aromatic carbocycles. The molecule has 1 N–H and O–H groups in total. The monoisotopic (exact) mass is 427 g/mol. The van der Waals surface area contributed by atoms with Gasteiger partial charge in [-0.05, 0) is 24.1 Å². The largest absolute Gasteiger partial charge is 0.378 e. The zero-order valence-corrected chi connectivity index (χ0v) is 18.6. The highest BCUT2D eigenvalue weighted by atomic mass is 16.5. The Bertz CT molecular complexity index is 826. The lowest BCUT2D eigenvalue weighted by atomic mass is 10.0. The van der Waals surface area contributed by atoms with E-state index in [1.807, 2.05) is 4.90 Å². The first-order chi connectivity index (χ1) is 15.0. The molecule has 7 heteroatoms. The number of nitrogens with zero attached hydrogens (tertiary/aromatic N) is 2. The Kier molecular flexibility index (Phi) is 8.23. The van der Waals surface area contributed by atoms with E-state index in [2.05, 4.69) is 12.2 Å². The smallest absolute Gasteiger partial charge is 0.277 e. The normalized spacial score (nSPS) is 17.0. The Hall–Kier alpha value is -2.67. The second-order valence-electron chi connectivity index (χ2n) is 8.11. The quantitative estimate of drug-likeness (QED) is 0.457. The van der Waals surface area contributed by atoms with E-state index in [4.69, 9.17) is 4.74 Å². The van der Waals surface area contributed by atoms with Gasteiger partial charge in [0.05, 0.1) is 18.8 Å². The van der Waals surface area contributed by atoms with Gasteiger partial charge in [0.25, 0.3) is 11.8 Å². The summed E-state index contributed by atoms with van der Waals surface area (Å²) < 4.78 is 5.44. The second kappa shape index (κ2) is 11.1. The topological polar surface area (TPSA) is 79.0 Å². The van der Waals surface area contributed by atoms with E-state index in [0.717, 1.165) is 19.3 Å². The molecule has 0 saturated carbocycles. The van der Waals surface area contributed by atoms with E-state index in [1.165, 1.54) is 31.1 Å². The van der Waals surface area contributed by atoms with Gasteiger partial charge in [-0.15, -0.1) is 0 Å². The third-order valence-electron chi connectivity index (χ3n) is 5.70. The average Bonchev–Trinajstić information content (AvgIpc) is 3.01. The van der Waals surface area contributed by atoms with Gasteiger partial charge in [-0.1, -0.05) is 51.2 Å². The molecule has 1 aromatic rings. The van der Waals surface area contributed by atoms with E-state index in [0.29, 0.717) is 55.4 Å². The molecule has 2 heterocycles. The third kappa shape index (κ3) is 5.73. The van der Waals surface area contributed by atoms with Crippen LogP contribution < -0.4 is 5.32 Å². The van der Waals surface area contributed by atoms with Crippen LogP contribution in [-0.2, 0) is 19.1 Å². The fourth-order valence-corrected chi connectivity index (χ4v) is 4.08. The first kappa shape index (κ1) is 23.0. The summed E-state index contributed by atoms with van der Waals surface area (Å²) in [6, 6.07) is 7.10. The molecule has 3 rings (SSSR count). The van der Waals surface area contributed by atoms with Gasteiger partial charge in [0, 0.05) is 32.2 Å². The molecule has 168 valence electrons. The number of hydrogen-bond donors (Lipinski definition) is 1.